The van der Waals surface area contributed by atoms with Gasteiger partial charge < -0.3 is 9.73 Å². The van der Waals surface area contributed by atoms with Crippen LogP contribution in [0.15, 0.2) is 56.7 Å². The maximum absolute atomic E-state index is 12.4. The molecule has 2 N–H and O–H groups in total. The highest BCUT2D eigenvalue weighted by atomic mass is 16.3. The van der Waals surface area contributed by atoms with Crippen molar-refractivity contribution in [2.24, 2.45) is 0 Å². The number of carbonyl (C=O) groups excluding carboxylic acids is 1. The molecule has 0 spiro atoms. The first-order valence-electron chi connectivity index (χ1n) is 8.15. The third kappa shape index (κ3) is 3.60. The van der Waals surface area contributed by atoms with Crippen molar-refractivity contribution in [3.63, 3.8) is 0 Å². The van der Waals surface area contributed by atoms with Gasteiger partial charge in [0.1, 0.15) is 12.3 Å². The molecular weight excluding hydrogens is 336 g/mol. The number of fused-ring (bicyclic) bond motifs is 1. The zero-order chi connectivity index (χ0) is 18.7. The van der Waals surface area contributed by atoms with E-state index in [0.717, 1.165) is 10.4 Å². The highest BCUT2D eigenvalue weighted by Gasteiger charge is 2.18. The van der Waals surface area contributed by atoms with Crippen LogP contribution in [0.4, 0.5) is 0 Å². The predicted octanol–water partition coefficient (Wildman–Crippen LogP) is 0.702. The van der Waals surface area contributed by atoms with Gasteiger partial charge in [0.2, 0.25) is 5.91 Å². The average molecular weight is 356 g/mol. The summed E-state index contributed by atoms with van der Waals surface area (Å²) in [5.74, 6) is 0.350. The van der Waals surface area contributed by atoms with Crippen molar-refractivity contribution in [2.45, 2.75) is 12.6 Å². The molecule has 0 saturated heterocycles. The minimum Gasteiger partial charge on any atom is -0.468 e. The number of likely N-dealkylation sites (N-methyl/N-ethyl adjacent to an activating group) is 1. The third-order valence-corrected chi connectivity index (χ3v) is 4.17. The number of hydrogen-bond donors (Lipinski definition) is 2. The van der Waals surface area contributed by atoms with Crippen LogP contribution in [0.2, 0.25) is 0 Å². The SMILES string of the molecule is CN(C)C(CNC(=O)Cn1[nH]c(=O)c2ccccc2c1=O)c1ccco1. The van der Waals surface area contributed by atoms with Crippen LogP contribution in [0.1, 0.15) is 11.8 Å². The van der Waals surface area contributed by atoms with Crippen molar-refractivity contribution in [1.29, 1.82) is 0 Å². The lowest BCUT2D eigenvalue weighted by Gasteiger charge is -2.22. The van der Waals surface area contributed by atoms with Gasteiger partial charge in [0.05, 0.1) is 23.1 Å². The van der Waals surface area contributed by atoms with Crippen LogP contribution in [-0.4, -0.2) is 41.2 Å². The first-order chi connectivity index (χ1) is 12.5. The quantitative estimate of drug-likeness (QED) is 0.677. The number of amides is 1. The van der Waals surface area contributed by atoms with Crippen molar-refractivity contribution in [3.05, 3.63) is 69.1 Å². The van der Waals surface area contributed by atoms with E-state index in [2.05, 4.69) is 10.4 Å². The molecular formula is C18H20N4O4. The van der Waals surface area contributed by atoms with Gasteiger partial charge in [-0.2, -0.15) is 0 Å². The molecule has 0 aliphatic rings. The Kier molecular flexibility index (Phi) is 5.04. The first-order valence-corrected chi connectivity index (χ1v) is 8.15. The van der Waals surface area contributed by atoms with E-state index in [-0.39, 0.29) is 23.9 Å². The summed E-state index contributed by atoms with van der Waals surface area (Å²) in [6, 6.07) is 9.99. The first kappa shape index (κ1) is 17.7. The fourth-order valence-corrected chi connectivity index (χ4v) is 2.79. The molecule has 1 unspecified atom stereocenters. The Morgan fingerprint density at radius 3 is 2.58 bits per heavy atom. The van der Waals surface area contributed by atoms with Gasteiger partial charge in [-0.1, -0.05) is 12.1 Å². The van der Waals surface area contributed by atoms with E-state index < -0.39 is 11.1 Å². The molecule has 8 nitrogen and oxygen atoms in total. The van der Waals surface area contributed by atoms with Crippen LogP contribution in [-0.2, 0) is 11.3 Å². The Bertz CT molecular complexity index is 1020. The summed E-state index contributed by atoms with van der Waals surface area (Å²) in [6.07, 6.45) is 1.58. The number of benzene rings is 1. The fourth-order valence-electron chi connectivity index (χ4n) is 2.79. The smallest absolute Gasteiger partial charge is 0.273 e. The van der Waals surface area contributed by atoms with Gasteiger partial charge in [0.15, 0.2) is 0 Å². The zero-order valence-electron chi connectivity index (χ0n) is 14.6. The van der Waals surface area contributed by atoms with Gasteiger partial charge in [-0.3, -0.25) is 24.4 Å². The van der Waals surface area contributed by atoms with E-state index in [1.54, 1.807) is 36.6 Å². The molecule has 2 heterocycles. The molecule has 0 fully saturated rings. The molecule has 26 heavy (non-hydrogen) atoms. The Hall–Kier alpha value is -3.13. The molecule has 1 aromatic carbocycles. The van der Waals surface area contributed by atoms with Crippen molar-refractivity contribution in [1.82, 2.24) is 20.0 Å². The van der Waals surface area contributed by atoms with Gasteiger partial charge in [-0.05, 0) is 38.4 Å². The maximum Gasteiger partial charge on any atom is 0.273 e. The molecule has 136 valence electrons. The summed E-state index contributed by atoms with van der Waals surface area (Å²) in [4.78, 5) is 38.7. The van der Waals surface area contributed by atoms with Crippen molar-refractivity contribution in [2.75, 3.05) is 20.6 Å². The van der Waals surface area contributed by atoms with Gasteiger partial charge >= 0.3 is 0 Å². The van der Waals surface area contributed by atoms with Crippen LogP contribution in [0.25, 0.3) is 10.8 Å². The van der Waals surface area contributed by atoms with Crippen LogP contribution < -0.4 is 16.4 Å². The number of hydrogen-bond acceptors (Lipinski definition) is 5. The van der Waals surface area contributed by atoms with Crippen LogP contribution >= 0.6 is 0 Å². The summed E-state index contributed by atoms with van der Waals surface area (Å²) in [5, 5.41) is 5.81. The van der Waals surface area contributed by atoms with E-state index in [1.807, 2.05) is 25.1 Å². The molecule has 0 aliphatic heterocycles. The zero-order valence-corrected chi connectivity index (χ0v) is 14.6. The van der Waals surface area contributed by atoms with E-state index in [0.29, 0.717) is 11.9 Å². The molecule has 2 aromatic heterocycles. The molecule has 0 radical (unpaired) electrons. The number of nitrogens with zero attached hydrogens (tertiary/aromatic N) is 2. The molecule has 8 heteroatoms. The Morgan fingerprint density at radius 2 is 1.92 bits per heavy atom. The minimum atomic E-state index is -0.412. The number of aromatic nitrogens is 2. The number of H-pyrrole nitrogens is 1. The topological polar surface area (TPSA) is 100 Å². The van der Waals surface area contributed by atoms with E-state index in [9.17, 15) is 14.4 Å². The lowest BCUT2D eigenvalue weighted by atomic mass is 10.2. The number of furan rings is 1. The molecule has 3 rings (SSSR count). The molecule has 3 aromatic rings. The predicted molar refractivity (Wildman–Crippen MR) is 97.0 cm³/mol. The van der Waals surface area contributed by atoms with Gasteiger partial charge in [-0.15, -0.1) is 0 Å². The van der Waals surface area contributed by atoms with Crippen LogP contribution in [0, 0.1) is 0 Å². The van der Waals surface area contributed by atoms with Gasteiger partial charge in [-0.25, -0.2) is 4.68 Å². The van der Waals surface area contributed by atoms with Crippen molar-refractivity contribution >= 4 is 16.7 Å². The monoisotopic (exact) mass is 356 g/mol. The summed E-state index contributed by atoms with van der Waals surface area (Å²) in [7, 11) is 3.76. The second-order valence-electron chi connectivity index (χ2n) is 6.18. The van der Waals surface area contributed by atoms with Gasteiger partial charge in [0.25, 0.3) is 11.1 Å². The van der Waals surface area contributed by atoms with E-state index in [4.69, 9.17) is 4.42 Å². The van der Waals surface area contributed by atoms with Crippen molar-refractivity contribution in [3.8, 4) is 0 Å². The highest BCUT2D eigenvalue weighted by molar-refractivity contribution is 5.81. The Balaban J connectivity index is 1.74. The third-order valence-electron chi connectivity index (χ3n) is 4.17. The van der Waals surface area contributed by atoms with E-state index in [1.165, 1.54) is 0 Å². The maximum atomic E-state index is 12.4. The Morgan fingerprint density at radius 1 is 1.19 bits per heavy atom. The van der Waals surface area contributed by atoms with Gasteiger partial charge in [0, 0.05) is 6.54 Å². The average Bonchev–Trinajstić information content (AvgIpc) is 3.13. The number of nitrogens with one attached hydrogen (secondary N) is 2. The molecule has 1 amide bonds. The standard InChI is InChI=1S/C18H20N4O4/c1-21(2)14(15-8-5-9-26-15)10-19-16(23)11-22-18(25)13-7-4-3-6-12(13)17(24)20-22/h3-9,14H,10-11H2,1-2H3,(H,19,23)(H,20,24). The number of carbonyl (C=O) groups is 1. The van der Waals surface area contributed by atoms with Crippen LogP contribution in [0.5, 0.6) is 0 Å². The number of aromatic amines is 1. The Labute approximate surface area is 149 Å². The normalized spacial score (nSPS) is 12.4. The second-order valence-corrected chi connectivity index (χ2v) is 6.18. The number of rotatable bonds is 6. The van der Waals surface area contributed by atoms with Crippen molar-refractivity contribution < 1.29 is 9.21 Å². The van der Waals surface area contributed by atoms with Crippen LogP contribution in [0.3, 0.4) is 0 Å². The van der Waals surface area contributed by atoms with E-state index >= 15 is 0 Å². The lowest BCUT2D eigenvalue weighted by molar-refractivity contribution is -0.122. The summed E-state index contributed by atoms with van der Waals surface area (Å²) in [6.45, 7) is 0.0448. The minimum absolute atomic E-state index is 0.138. The summed E-state index contributed by atoms with van der Waals surface area (Å²) >= 11 is 0. The molecule has 1 atom stereocenters. The second kappa shape index (κ2) is 7.40. The molecule has 0 aliphatic carbocycles. The summed E-state index contributed by atoms with van der Waals surface area (Å²) < 4.78 is 6.42. The fraction of sp³-hybridized carbons (Fsp3) is 0.278. The highest BCUT2D eigenvalue weighted by Crippen LogP contribution is 2.17. The lowest BCUT2D eigenvalue weighted by Crippen LogP contribution is -2.39. The summed E-state index contributed by atoms with van der Waals surface area (Å²) in [5.41, 5.74) is -0.819. The molecule has 0 saturated carbocycles. The molecule has 0 bridgehead atoms. The largest absolute Gasteiger partial charge is 0.468 e.